The minimum atomic E-state index is -3.61. The predicted molar refractivity (Wildman–Crippen MR) is 94.8 cm³/mol. The minimum Gasteiger partial charge on any atom is -0.339 e. The highest BCUT2D eigenvalue weighted by atomic mass is 32.2. The van der Waals surface area contributed by atoms with E-state index in [-0.39, 0.29) is 16.7 Å². The Balaban J connectivity index is 2.20. The van der Waals surface area contributed by atoms with Gasteiger partial charge in [-0.3, -0.25) is 9.59 Å². The molecule has 2 amide bonds. The summed E-state index contributed by atoms with van der Waals surface area (Å²) in [5, 5.41) is 0. The first-order valence-electron chi connectivity index (χ1n) is 8.28. The van der Waals surface area contributed by atoms with E-state index in [4.69, 9.17) is 0 Å². The smallest absolute Gasteiger partial charge is 0.254 e. The van der Waals surface area contributed by atoms with Crippen molar-refractivity contribution in [3.05, 3.63) is 29.3 Å². The number of hydrogen-bond acceptors (Lipinski definition) is 4. The Kier molecular flexibility index (Phi) is 5.84. The van der Waals surface area contributed by atoms with Gasteiger partial charge in [-0.05, 0) is 24.6 Å². The fourth-order valence-electron chi connectivity index (χ4n) is 2.77. The fourth-order valence-corrected chi connectivity index (χ4v) is 3.92. The summed E-state index contributed by atoms with van der Waals surface area (Å²) in [5.74, 6) is -0.124. The SMILES string of the molecule is CCC(=O)N1CCN(C(=O)c2ccc(C)c(S(=O)(=O)N(C)C)c2)CC1. The molecular formula is C17H25N3O4S. The van der Waals surface area contributed by atoms with Crippen molar-refractivity contribution in [3.8, 4) is 0 Å². The van der Waals surface area contributed by atoms with E-state index in [0.29, 0.717) is 43.7 Å². The molecule has 1 saturated heterocycles. The van der Waals surface area contributed by atoms with E-state index < -0.39 is 10.0 Å². The highest BCUT2D eigenvalue weighted by Crippen LogP contribution is 2.21. The molecule has 2 rings (SSSR count). The summed E-state index contributed by atoms with van der Waals surface area (Å²) in [4.78, 5) is 28.0. The van der Waals surface area contributed by atoms with E-state index in [2.05, 4.69) is 0 Å². The maximum atomic E-state index is 12.7. The first-order chi connectivity index (χ1) is 11.7. The average Bonchev–Trinajstić information content (AvgIpc) is 2.60. The van der Waals surface area contributed by atoms with Crippen molar-refractivity contribution in [2.45, 2.75) is 25.2 Å². The van der Waals surface area contributed by atoms with Crippen molar-refractivity contribution < 1.29 is 18.0 Å². The molecule has 1 aliphatic heterocycles. The van der Waals surface area contributed by atoms with E-state index in [1.807, 2.05) is 6.92 Å². The molecule has 1 heterocycles. The maximum absolute atomic E-state index is 12.7. The van der Waals surface area contributed by atoms with Crippen molar-refractivity contribution in [1.82, 2.24) is 14.1 Å². The lowest BCUT2D eigenvalue weighted by atomic mass is 10.1. The molecule has 1 fully saturated rings. The molecule has 8 heteroatoms. The largest absolute Gasteiger partial charge is 0.339 e. The highest BCUT2D eigenvalue weighted by Gasteiger charge is 2.26. The second kappa shape index (κ2) is 7.53. The summed E-state index contributed by atoms with van der Waals surface area (Å²) in [7, 11) is -0.677. The fraction of sp³-hybridized carbons (Fsp3) is 0.529. The molecule has 0 saturated carbocycles. The first kappa shape index (κ1) is 19.4. The van der Waals surface area contributed by atoms with Gasteiger partial charge in [-0.15, -0.1) is 0 Å². The van der Waals surface area contributed by atoms with Gasteiger partial charge in [0, 0.05) is 52.3 Å². The summed E-state index contributed by atoms with van der Waals surface area (Å²) < 4.78 is 26.0. The number of piperazine rings is 1. The topological polar surface area (TPSA) is 78.0 Å². The van der Waals surface area contributed by atoms with Gasteiger partial charge >= 0.3 is 0 Å². The van der Waals surface area contributed by atoms with Gasteiger partial charge in [0.2, 0.25) is 15.9 Å². The zero-order valence-corrected chi connectivity index (χ0v) is 16.0. The molecule has 0 N–H and O–H groups in total. The number of nitrogens with zero attached hydrogens (tertiary/aromatic N) is 3. The lowest BCUT2D eigenvalue weighted by Crippen LogP contribution is -2.50. The zero-order valence-electron chi connectivity index (χ0n) is 15.2. The van der Waals surface area contributed by atoms with Crippen LogP contribution in [0.15, 0.2) is 23.1 Å². The van der Waals surface area contributed by atoms with E-state index >= 15 is 0 Å². The summed E-state index contributed by atoms with van der Waals surface area (Å²) in [5.41, 5.74) is 0.949. The molecule has 0 aromatic heterocycles. The number of carbonyl (C=O) groups is 2. The van der Waals surface area contributed by atoms with Crippen LogP contribution in [0.3, 0.4) is 0 Å². The number of amides is 2. The van der Waals surface area contributed by atoms with E-state index in [1.54, 1.807) is 28.9 Å². The lowest BCUT2D eigenvalue weighted by Gasteiger charge is -2.34. The average molecular weight is 367 g/mol. The van der Waals surface area contributed by atoms with Crippen LogP contribution in [0.4, 0.5) is 0 Å². The normalized spacial score (nSPS) is 15.6. The second-order valence-electron chi connectivity index (χ2n) is 6.29. The molecule has 0 unspecified atom stereocenters. The van der Waals surface area contributed by atoms with Crippen molar-refractivity contribution >= 4 is 21.8 Å². The van der Waals surface area contributed by atoms with E-state index in [9.17, 15) is 18.0 Å². The standard InChI is InChI=1S/C17H25N3O4S/c1-5-16(21)19-8-10-20(11-9-19)17(22)14-7-6-13(2)15(12-14)25(23,24)18(3)4/h6-7,12H,5,8-11H2,1-4H3. The third kappa shape index (κ3) is 4.01. The van der Waals surface area contributed by atoms with Crippen LogP contribution in [0, 0.1) is 6.92 Å². The number of rotatable bonds is 4. The Morgan fingerprint density at radius 3 is 2.16 bits per heavy atom. The maximum Gasteiger partial charge on any atom is 0.254 e. The number of sulfonamides is 1. The van der Waals surface area contributed by atoms with Crippen molar-refractivity contribution in [2.75, 3.05) is 40.3 Å². The van der Waals surface area contributed by atoms with Crippen molar-refractivity contribution in [2.24, 2.45) is 0 Å². The van der Waals surface area contributed by atoms with E-state index in [0.717, 1.165) is 4.31 Å². The van der Waals surface area contributed by atoms with Crippen LogP contribution in [-0.4, -0.2) is 74.6 Å². The van der Waals surface area contributed by atoms with Crippen LogP contribution in [0.25, 0.3) is 0 Å². The summed E-state index contributed by atoms with van der Waals surface area (Å²) in [6, 6.07) is 4.74. The molecule has 0 spiro atoms. The van der Waals surface area contributed by atoms with Gasteiger partial charge in [0.25, 0.3) is 5.91 Å². The summed E-state index contributed by atoms with van der Waals surface area (Å²) >= 11 is 0. The Hall–Kier alpha value is -1.93. The van der Waals surface area contributed by atoms with E-state index in [1.165, 1.54) is 20.2 Å². The Labute approximate surface area is 149 Å². The van der Waals surface area contributed by atoms with Gasteiger partial charge in [-0.2, -0.15) is 0 Å². The minimum absolute atomic E-state index is 0.0850. The van der Waals surface area contributed by atoms with Crippen molar-refractivity contribution in [1.29, 1.82) is 0 Å². The van der Waals surface area contributed by atoms with Gasteiger partial charge in [0.1, 0.15) is 0 Å². The number of hydrogen-bond donors (Lipinski definition) is 0. The third-order valence-corrected chi connectivity index (χ3v) is 6.37. The Bertz CT molecular complexity index is 766. The van der Waals surface area contributed by atoms with Crippen LogP contribution >= 0.6 is 0 Å². The number of aryl methyl sites for hydroxylation is 1. The number of carbonyl (C=O) groups excluding carboxylic acids is 2. The summed E-state index contributed by atoms with van der Waals surface area (Å²) in [6.45, 7) is 5.45. The molecule has 1 aliphatic rings. The first-order valence-corrected chi connectivity index (χ1v) is 9.72. The van der Waals surface area contributed by atoms with Crippen LogP contribution < -0.4 is 0 Å². The van der Waals surface area contributed by atoms with Gasteiger partial charge in [0.15, 0.2) is 0 Å². The molecule has 7 nitrogen and oxygen atoms in total. The molecule has 138 valence electrons. The lowest BCUT2D eigenvalue weighted by molar-refractivity contribution is -0.132. The molecule has 1 aromatic rings. The third-order valence-electron chi connectivity index (χ3n) is 4.42. The molecule has 0 bridgehead atoms. The Morgan fingerprint density at radius 2 is 1.64 bits per heavy atom. The van der Waals surface area contributed by atoms with Gasteiger partial charge in [-0.25, -0.2) is 12.7 Å². The molecular weight excluding hydrogens is 342 g/mol. The van der Waals surface area contributed by atoms with Crippen LogP contribution in [0.1, 0.15) is 29.3 Å². The quantitative estimate of drug-likeness (QED) is 0.793. The van der Waals surface area contributed by atoms with Gasteiger partial charge < -0.3 is 9.80 Å². The molecule has 1 aromatic carbocycles. The predicted octanol–water partition coefficient (Wildman–Crippen LogP) is 0.940. The number of benzene rings is 1. The summed E-state index contributed by atoms with van der Waals surface area (Å²) in [6.07, 6.45) is 0.456. The highest BCUT2D eigenvalue weighted by molar-refractivity contribution is 7.89. The zero-order chi connectivity index (χ0) is 18.8. The molecule has 0 radical (unpaired) electrons. The van der Waals surface area contributed by atoms with Crippen molar-refractivity contribution in [3.63, 3.8) is 0 Å². The van der Waals surface area contributed by atoms with Crippen LogP contribution in [0.5, 0.6) is 0 Å². The second-order valence-corrected chi connectivity index (χ2v) is 8.41. The molecule has 0 atom stereocenters. The van der Waals surface area contributed by atoms with Gasteiger partial charge in [0.05, 0.1) is 4.90 Å². The van der Waals surface area contributed by atoms with Crippen LogP contribution in [-0.2, 0) is 14.8 Å². The van der Waals surface area contributed by atoms with Gasteiger partial charge in [-0.1, -0.05) is 13.0 Å². The molecule has 25 heavy (non-hydrogen) atoms. The Morgan fingerprint density at radius 1 is 1.08 bits per heavy atom. The molecule has 0 aliphatic carbocycles. The van der Waals surface area contributed by atoms with Crippen LogP contribution in [0.2, 0.25) is 0 Å². The monoisotopic (exact) mass is 367 g/mol.